The molecule has 0 amide bonds. The minimum atomic E-state index is 0.218. The Morgan fingerprint density at radius 3 is 2.78 bits per heavy atom. The van der Waals surface area contributed by atoms with Crippen molar-refractivity contribution in [3.63, 3.8) is 0 Å². The van der Waals surface area contributed by atoms with Crippen molar-refractivity contribution in [3.05, 3.63) is 12.4 Å². The maximum absolute atomic E-state index is 5.71. The molecule has 1 aromatic heterocycles. The lowest BCUT2D eigenvalue weighted by Crippen LogP contribution is -2.19. The zero-order chi connectivity index (χ0) is 12.8. The van der Waals surface area contributed by atoms with E-state index in [1.54, 1.807) is 6.33 Å². The molecule has 1 aliphatic carbocycles. The summed E-state index contributed by atoms with van der Waals surface area (Å²) in [7, 11) is 0. The van der Waals surface area contributed by atoms with Crippen LogP contribution in [0.25, 0.3) is 0 Å². The fourth-order valence-corrected chi connectivity index (χ4v) is 2.24. The summed E-state index contributed by atoms with van der Waals surface area (Å²) in [4.78, 5) is 8.47. The van der Waals surface area contributed by atoms with Crippen LogP contribution in [0.5, 0.6) is 0 Å². The number of nitrogens with two attached hydrogens (primary N) is 1. The summed E-state index contributed by atoms with van der Waals surface area (Å²) in [5, 5.41) is 6.73. The molecule has 0 aliphatic heterocycles. The fourth-order valence-electron chi connectivity index (χ4n) is 2.24. The first-order chi connectivity index (χ1) is 8.74. The molecule has 18 heavy (non-hydrogen) atoms. The van der Waals surface area contributed by atoms with E-state index in [2.05, 4.69) is 20.6 Å². The van der Waals surface area contributed by atoms with Crippen LogP contribution in [0.3, 0.4) is 0 Å². The lowest BCUT2D eigenvalue weighted by molar-refractivity contribution is 0.689. The van der Waals surface area contributed by atoms with E-state index < -0.39 is 0 Å². The zero-order valence-electron chi connectivity index (χ0n) is 11.0. The number of aromatic nitrogens is 2. The molecule has 1 heterocycles. The van der Waals surface area contributed by atoms with Crippen LogP contribution in [-0.2, 0) is 0 Å². The summed E-state index contributed by atoms with van der Waals surface area (Å²) in [6.45, 7) is 2.85. The van der Waals surface area contributed by atoms with E-state index in [9.17, 15) is 0 Å². The molecular weight excluding hydrogens is 226 g/mol. The first kappa shape index (κ1) is 13.1. The lowest BCUT2D eigenvalue weighted by atomic mass is 10.2. The molecule has 1 fully saturated rings. The van der Waals surface area contributed by atoms with Gasteiger partial charge in [0.05, 0.1) is 0 Å². The molecule has 0 radical (unpaired) electrons. The maximum atomic E-state index is 5.71. The predicted octanol–water partition coefficient (Wildman–Crippen LogP) is 1.98. The molecule has 0 bridgehead atoms. The van der Waals surface area contributed by atoms with Crippen molar-refractivity contribution in [2.45, 2.75) is 51.1 Å². The van der Waals surface area contributed by atoms with Gasteiger partial charge in [-0.15, -0.1) is 0 Å². The average Bonchev–Trinajstić information content (AvgIpc) is 2.82. The van der Waals surface area contributed by atoms with Crippen LogP contribution < -0.4 is 16.4 Å². The van der Waals surface area contributed by atoms with E-state index in [-0.39, 0.29) is 6.04 Å². The van der Waals surface area contributed by atoms with Crippen LogP contribution in [0, 0.1) is 0 Å². The quantitative estimate of drug-likeness (QED) is 0.718. The fraction of sp³-hybridized carbons (Fsp3) is 0.692. The van der Waals surface area contributed by atoms with E-state index in [1.165, 1.54) is 25.7 Å². The second-order valence-corrected chi connectivity index (χ2v) is 5.11. The van der Waals surface area contributed by atoms with Crippen LogP contribution in [-0.4, -0.2) is 28.6 Å². The van der Waals surface area contributed by atoms with Crippen molar-refractivity contribution in [1.29, 1.82) is 0 Å². The number of hydrogen-bond acceptors (Lipinski definition) is 5. The summed E-state index contributed by atoms with van der Waals surface area (Å²) in [5.74, 6) is 1.78. The number of nitrogens with zero attached hydrogens (tertiary/aromatic N) is 2. The largest absolute Gasteiger partial charge is 0.370 e. The Morgan fingerprint density at radius 2 is 2.06 bits per heavy atom. The topological polar surface area (TPSA) is 75.9 Å². The predicted molar refractivity (Wildman–Crippen MR) is 74.7 cm³/mol. The lowest BCUT2D eigenvalue weighted by Gasteiger charge is -2.13. The zero-order valence-corrected chi connectivity index (χ0v) is 11.0. The Morgan fingerprint density at radius 1 is 1.33 bits per heavy atom. The van der Waals surface area contributed by atoms with Crippen molar-refractivity contribution >= 4 is 11.6 Å². The third kappa shape index (κ3) is 4.14. The van der Waals surface area contributed by atoms with Crippen molar-refractivity contribution in [2.24, 2.45) is 5.73 Å². The normalized spacial score (nSPS) is 17.7. The van der Waals surface area contributed by atoms with Gasteiger partial charge in [0.2, 0.25) is 0 Å². The van der Waals surface area contributed by atoms with Crippen LogP contribution >= 0.6 is 0 Å². The third-order valence-corrected chi connectivity index (χ3v) is 3.28. The highest BCUT2D eigenvalue weighted by atomic mass is 15.1. The number of rotatable bonds is 6. The standard InChI is InChI=1S/C13H23N5/c1-10(14)6-7-15-12-8-13(17-9-16-12)18-11-4-2-3-5-11/h8-11H,2-7,14H2,1H3,(H2,15,16,17,18). The number of hydrogen-bond donors (Lipinski definition) is 3. The smallest absolute Gasteiger partial charge is 0.131 e. The molecule has 1 atom stereocenters. The monoisotopic (exact) mass is 249 g/mol. The molecule has 1 aromatic rings. The van der Waals surface area contributed by atoms with Gasteiger partial charge < -0.3 is 16.4 Å². The average molecular weight is 249 g/mol. The Labute approximate surface area is 109 Å². The van der Waals surface area contributed by atoms with Crippen molar-refractivity contribution < 1.29 is 0 Å². The highest BCUT2D eigenvalue weighted by molar-refractivity contribution is 5.46. The highest BCUT2D eigenvalue weighted by Crippen LogP contribution is 2.21. The highest BCUT2D eigenvalue weighted by Gasteiger charge is 2.14. The van der Waals surface area contributed by atoms with E-state index in [1.807, 2.05) is 13.0 Å². The molecule has 2 rings (SSSR count). The van der Waals surface area contributed by atoms with Gasteiger partial charge >= 0.3 is 0 Å². The molecule has 0 aromatic carbocycles. The van der Waals surface area contributed by atoms with Gasteiger partial charge in [-0.3, -0.25) is 0 Å². The first-order valence-electron chi connectivity index (χ1n) is 6.82. The summed E-state index contributed by atoms with van der Waals surface area (Å²) in [6, 6.07) is 2.77. The molecule has 0 spiro atoms. The minimum absolute atomic E-state index is 0.218. The summed E-state index contributed by atoms with van der Waals surface area (Å²) in [5.41, 5.74) is 5.71. The van der Waals surface area contributed by atoms with Crippen LogP contribution in [0.1, 0.15) is 39.0 Å². The Balaban J connectivity index is 1.84. The summed E-state index contributed by atoms with van der Waals surface area (Å²) < 4.78 is 0. The van der Waals surface area contributed by atoms with E-state index in [4.69, 9.17) is 5.73 Å². The Kier molecular flexibility index (Phi) is 4.75. The van der Waals surface area contributed by atoms with Crippen LogP contribution in [0.4, 0.5) is 11.6 Å². The van der Waals surface area contributed by atoms with Gasteiger partial charge in [-0.1, -0.05) is 12.8 Å². The van der Waals surface area contributed by atoms with Gasteiger partial charge in [-0.2, -0.15) is 0 Å². The molecule has 100 valence electrons. The van der Waals surface area contributed by atoms with E-state index in [0.29, 0.717) is 6.04 Å². The molecule has 1 aliphatic rings. The molecular formula is C13H23N5. The number of anilines is 2. The molecule has 1 unspecified atom stereocenters. The van der Waals surface area contributed by atoms with Gasteiger partial charge in [0.25, 0.3) is 0 Å². The second-order valence-electron chi connectivity index (χ2n) is 5.11. The maximum Gasteiger partial charge on any atom is 0.131 e. The van der Waals surface area contributed by atoms with E-state index in [0.717, 1.165) is 24.6 Å². The molecule has 4 N–H and O–H groups in total. The summed E-state index contributed by atoms with van der Waals surface area (Å²) >= 11 is 0. The van der Waals surface area contributed by atoms with Gasteiger partial charge in [-0.25, -0.2) is 9.97 Å². The van der Waals surface area contributed by atoms with Gasteiger partial charge in [0, 0.05) is 24.7 Å². The summed E-state index contributed by atoms with van der Waals surface area (Å²) in [6.07, 6.45) is 7.68. The van der Waals surface area contributed by atoms with Gasteiger partial charge in [0.1, 0.15) is 18.0 Å². The van der Waals surface area contributed by atoms with Crippen LogP contribution in [0.15, 0.2) is 12.4 Å². The Bertz CT molecular complexity index is 360. The van der Waals surface area contributed by atoms with Crippen molar-refractivity contribution in [1.82, 2.24) is 9.97 Å². The molecule has 5 heteroatoms. The van der Waals surface area contributed by atoms with Crippen molar-refractivity contribution in [3.8, 4) is 0 Å². The SMILES string of the molecule is CC(N)CCNc1cc(NC2CCCC2)ncn1. The van der Waals surface area contributed by atoms with Crippen LogP contribution in [0.2, 0.25) is 0 Å². The van der Waals surface area contributed by atoms with E-state index >= 15 is 0 Å². The molecule has 1 saturated carbocycles. The minimum Gasteiger partial charge on any atom is -0.370 e. The van der Waals surface area contributed by atoms with Gasteiger partial charge in [0.15, 0.2) is 0 Å². The van der Waals surface area contributed by atoms with Crippen molar-refractivity contribution in [2.75, 3.05) is 17.2 Å². The second kappa shape index (κ2) is 6.54. The van der Waals surface area contributed by atoms with Gasteiger partial charge in [-0.05, 0) is 26.2 Å². The Hall–Kier alpha value is -1.36. The molecule has 5 nitrogen and oxygen atoms in total. The number of nitrogens with one attached hydrogen (secondary N) is 2. The first-order valence-corrected chi connectivity index (χ1v) is 6.82. The molecule has 0 saturated heterocycles. The third-order valence-electron chi connectivity index (χ3n) is 3.28.